The van der Waals surface area contributed by atoms with E-state index in [2.05, 4.69) is 0 Å². The molecule has 2 aliphatic rings. The first-order valence-corrected chi connectivity index (χ1v) is 4.99. The summed E-state index contributed by atoms with van der Waals surface area (Å²) in [5.74, 6) is 0.364. The third kappa shape index (κ3) is 1.48. The highest BCUT2D eigenvalue weighted by Gasteiger charge is 2.29. The van der Waals surface area contributed by atoms with Gasteiger partial charge in [-0.15, -0.1) is 0 Å². The number of allylic oxidation sites excluding steroid dienone is 1. The lowest BCUT2D eigenvalue weighted by Crippen LogP contribution is -2.24. The van der Waals surface area contributed by atoms with Gasteiger partial charge in [0.2, 0.25) is 0 Å². The second kappa shape index (κ2) is 3.50. The Labute approximate surface area is 77.8 Å². The van der Waals surface area contributed by atoms with Crippen molar-refractivity contribution in [2.24, 2.45) is 5.92 Å². The van der Waals surface area contributed by atoms with E-state index in [0.29, 0.717) is 5.92 Å². The number of rotatable bonds is 1. The summed E-state index contributed by atoms with van der Waals surface area (Å²) in [6.45, 7) is 0. The van der Waals surface area contributed by atoms with E-state index in [1.165, 1.54) is 24.8 Å². The zero-order valence-corrected chi connectivity index (χ0v) is 7.68. The number of carbonyl (C=O) groups is 1. The Bertz CT molecular complexity index is 258. The van der Waals surface area contributed by atoms with E-state index in [9.17, 15) is 4.79 Å². The average Bonchev–Trinajstić information content (AvgIpc) is 2.63. The Morgan fingerprint density at radius 2 is 2.00 bits per heavy atom. The van der Waals surface area contributed by atoms with Crippen LogP contribution < -0.4 is 5.48 Å². The van der Waals surface area contributed by atoms with Gasteiger partial charge in [-0.1, -0.05) is 5.57 Å². The molecular weight excluding hydrogens is 166 g/mol. The summed E-state index contributed by atoms with van der Waals surface area (Å²) in [5.41, 5.74) is 3.93. The molecule has 0 bridgehead atoms. The second-order valence-corrected chi connectivity index (χ2v) is 3.93. The van der Waals surface area contributed by atoms with Gasteiger partial charge in [0.15, 0.2) is 0 Å². The van der Waals surface area contributed by atoms with Crippen LogP contribution in [0.3, 0.4) is 0 Å². The number of carbonyl (C=O) groups excluding carboxylic acids is 1. The Kier molecular flexibility index (Phi) is 2.36. The Balaban J connectivity index is 2.27. The van der Waals surface area contributed by atoms with Gasteiger partial charge in [0.25, 0.3) is 5.91 Å². The summed E-state index contributed by atoms with van der Waals surface area (Å²) in [4.78, 5) is 11.3. The molecule has 3 heteroatoms. The van der Waals surface area contributed by atoms with Crippen molar-refractivity contribution in [3.63, 3.8) is 0 Å². The lowest BCUT2D eigenvalue weighted by Gasteiger charge is -2.21. The van der Waals surface area contributed by atoms with E-state index in [1.54, 1.807) is 5.48 Å². The van der Waals surface area contributed by atoms with Gasteiger partial charge in [0.05, 0.1) is 0 Å². The number of fused-ring (bicyclic) bond motifs is 1. The van der Waals surface area contributed by atoms with Crippen LogP contribution in [0, 0.1) is 5.92 Å². The molecule has 1 atom stereocenters. The van der Waals surface area contributed by atoms with E-state index in [0.717, 1.165) is 24.8 Å². The predicted octanol–water partition coefficient (Wildman–Crippen LogP) is 1.77. The van der Waals surface area contributed by atoms with Crippen molar-refractivity contribution in [3.05, 3.63) is 11.1 Å². The maximum atomic E-state index is 11.3. The summed E-state index contributed by atoms with van der Waals surface area (Å²) in [6, 6.07) is 0. The minimum atomic E-state index is -0.276. The van der Waals surface area contributed by atoms with E-state index in [4.69, 9.17) is 5.21 Å². The SMILES string of the molecule is O=C(NO)C1=C2CCCC2CCC1. The number of hydrogen-bond acceptors (Lipinski definition) is 2. The lowest BCUT2D eigenvalue weighted by molar-refractivity contribution is -0.125. The highest BCUT2D eigenvalue weighted by molar-refractivity contribution is 5.93. The average molecular weight is 181 g/mol. The molecule has 0 aliphatic heterocycles. The molecule has 2 aliphatic carbocycles. The molecule has 1 fully saturated rings. The van der Waals surface area contributed by atoms with Crippen LogP contribution in [0.25, 0.3) is 0 Å². The maximum Gasteiger partial charge on any atom is 0.270 e. The Hall–Kier alpha value is -0.830. The van der Waals surface area contributed by atoms with Crippen LogP contribution in [0.4, 0.5) is 0 Å². The fraction of sp³-hybridized carbons (Fsp3) is 0.700. The molecule has 0 heterocycles. The van der Waals surface area contributed by atoms with Gasteiger partial charge in [0.1, 0.15) is 0 Å². The van der Waals surface area contributed by atoms with Crippen LogP contribution in [0.5, 0.6) is 0 Å². The first kappa shape index (κ1) is 8.75. The van der Waals surface area contributed by atoms with Crippen molar-refractivity contribution in [2.45, 2.75) is 38.5 Å². The molecule has 0 aromatic rings. The number of amides is 1. The summed E-state index contributed by atoms with van der Waals surface area (Å²) < 4.78 is 0. The fourth-order valence-electron chi connectivity index (χ4n) is 2.65. The summed E-state index contributed by atoms with van der Waals surface area (Å²) in [6.07, 6.45) is 6.68. The molecule has 0 spiro atoms. The van der Waals surface area contributed by atoms with E-state index < -0.39 is 0 Å². The van der Waals surface area contributed by atoms with Gasteiger partial charge < -0.3 is 0 Å². The molecule has 72 valence electrons. The molecule has 13 heavy (non-hydrogen) atoms. The van der Waals surface area contributed by atoms with Gasteiger partial charge in [0, 0.05) is 5.57 Å². The maximum absolute atomic E-state index is 11.3. The van der Waals surface area contributed by atoms with E-state index in [-0.39, 0.29) is 5.91 Å². The van der Waals surface area contributed by atoms with Crippen molar-refractivity contribution < 1.29 is 10.0 Å². The smallest absolute Gasteiger partial charge is 0.270 e. The Morgan fingerprint density at radius 1 is 1.31 bits per heavy atom. The molecule has 1 saturated carbocycles. The van der Waals surface area contributed by atoms with Crippen LogP contribution >= 0.6 is 0 Å². The lowest BCUT2D eigenvalue weighted by atomic mass is 9.84. The monoisotopic (exact) mass is 181 g/mol. The largest absolute Gasteiger partial charge is 0.288 e. The summed E-state index contributed by atoms with van der Waals surface area (Å²) >= 11 is 0. The van der Waals surface area contributed by atoms with Gasteiger partial charge in [-0.3, -0.25) is 10.0 Å². The van der Waals surface area contributed by atoms with Crippen LogP contribution in [0.15, 0.2) is 11.1 Å². The first-order valence-electron chi connectivity index (χ1n) is 4.99. The van der Waals surface area contributed by atoms with Crippen molar-refractivity contribution in [2.75, 3.05) is 0 Å². The zero-order chi connectivity index (χ0) is 9.26. The van der Waals surface area contributed by atoms with Crippen molar-refractivity contribution in [1.82, 2.24) is 5.48 Å². The van der Waals surface area contributed by atoms with Gasteiger partial charge in [-0.05, 0) is 44.4 Å². The minimum absolute atomic E-state index is 0.276. The topological polar surface area (TPSA) is 49.3 Å². The zero-order valence-electron chi connectivity index (χ0n) is 7.68. The number of nitrogens with one attached hydrogen (secondary N) is 1. The molecule has 3 nitrogen and oxygen atoms in total. The molecule has 2 N–H and O–H groups in total. The van der Waals surface area contributed by atoms with Crippen molar-refractivity contribution in [1.29, 1.82) is 0 Å². The highest BCUT2D eigenvalue weighted by atomic mass is 16.5. The van der Waals surface area contributed by atoms with Crippen LogP contribution in [0.1, 0.15) is 38.5 Å². The van der Waals surface area contributed by atoms with Gasteiger partial charge >= 0.3 is 0 Å². The van der Waals surface area contributed by atoms with Crippen LogP contribution in [0.2, 0.25) is 0 Å². The van der Waals surface area contributed by atoms with Gasteiger partial charge in [-0.2, -0.15) is 0 Å². The molecule has 2 rings (SSSR count). The Morgan fingerprint density at radius 3 is 2.69 bits per heavy atom. The number of hydrogen-bond donors (Lipinski definition) is 2. The van der Waals surface area contributed by atoms with E-state index >= 15 is 0 Å². The minimum Gasteiger partial charge on any atom is -0.288 e. The van der Waals surface area contributed by atoms with Crippen LogP contribution in [-0.4, -0.2) is 11.1 Å². The van der Waals surface area contributed by atoms with Crippen molar-refractivity contribution in [3.8, 4) is 0 Å². The fourth-order valence-corrected chi connectivity index (χ4v) is 2.65. The summed E-state index contributed by atoms with van der Waals surface area (Å²) in [7, 11) is 0. The van der Waals surface area contributed by atoms with Gasteiger partial charge in [-0.25, -0.2) is 5.48 Å². The van der Waals surface area contributed by atoms with E-state index in [1.807, 2.05) is 0 Å². The highest BCUT2D eigenvalue weighted by Crippen LogP contribution is 2.41. The standard InChI is InChI=1S/C10H15NO2/c12-10(11-13)9-6-2-4-7-3-1-5-8(7)9/h7,13H,1-6H2,(H,11,12). The van der Waals surface area contributed by atoms with Crippen LogP contribution in [-0.2, 0) is 4.79 Å². The number of hydroxylamine groups is 1. The molecule has 0 aromatic carbocycles. The first-order chi connectivity index (χ1) is 6.33. The molecule has 0 aromatic heterocycles. The molecule has 1 unspecified atom stereocenters. The third-order valence-electron chi connectivity index (χ3n) is 3.23. The van der Waals surface area contributed by atoms with Crippen molar-refractivity contribution >= 4 is 5.91 Å². The molecule has 1 amide bonds. The molecular formula is C10H15NO2. The normalized spacial score (nSPS) is 27.3. The third-order valence-corrected chi connectivity index (χ3v) is 3.23. The quantitative estimate of drug-likeness (QED) is 0.478. The predicted molar refractivity (Wildman–Crippen MR) is 48.1 cm³/mol. The molecule has 0 radical (unpaired) electrons. The second-order valence-electron chi connectivity index (χ2n) is 3.93. The molecule has 0 saturated heterocycles. The summed E-state index contributed by atoms with van der Waals surface area (Å²) in [5, 5.41) is 8.57.